The number of thioether (sulfide) groups is 1. The summed E-state index contributed by atoms with van der Waals surface area (Å²) in [5, 5.41) is -0.00178. The van der Waals surface area contributed by atoms with Crippen molar-refractivity contribution in [3.05, 3.63) is 60.4 Å². The molecule has 0 aliphatic carbocycles. The Kier molecular flexibility index (Phi) is 4.40. The number of nitrogens with zero attached hydrogens (tertiary/aromatic N) is 2. The largest absolute Gasteiger partial charge is 0.492 e. The van der Waals surface area contributed by atoms with Gasteiger partial charge in [0.05, 0.1) is 18.0 Å². The minimum Gasteiger partial charge on any atom is -0.492 e. The second-order valence-corrected chi connectivity index (χ2v) is 5.74. The Morgan fingerprint density at radius 1 is 1.19 bits per heavy atom. The number of carbonyl (C=O) groups is 1. The van der Waals surface area contributed by atoms with Crippen LogP contribution >= 0.6 is 11.8 Å². The Bertz CT molecular complexity index is 592. The lowest BCUT2D eigenvalue weighted by Gasteiger charge is -2.23. The Labute approximate surface area is 128 Å². The molecule has 1 aliphatic heterocycles. The molecule has 3 rings (SSSR count). The standard InChI is InChI=1S/C16H16N2O2S/c19-15-12-21-16(14-8-4-5-9-17-14)18(15)10-11-20-13-6-2-1-3-7-13/h1-9,16H,10-12H2. The molecule has 1 aliphatic rings. The molecule has 1 atom stereocenters. The lowest BCUT2D eigenvalue weighted by molar-refractivity contribution is -0.128. The molecule has 1 aromatic heterocycles. The Morgan fingerprint density at radius 2 is 2.00 bits per heavy atom. The first-order chi connectivity index (χ1) is 10.3. The third-order valence-corrected chi connectivity index (χ3v) is 4.48. The average Bonchev–Trinajstić information content (AvgIpc) is 2.91. The van der Waals surface area contributed by atoms with Gasteiger partial charge in [-0.15, -0.1) is 11.8 Å². The zero-order chi connectivity index (χ0) is 14.5. The van der Waals surface area contributed by atoms with Crippen LogP contribution in [-0.2, 0) is 4.79 Å². The van der Waals surface area contributed by atoms with Crippen molar-refractivity contribution in [2.75, 3.05) is 18.9 Å². The van der Waals surface area contributed by atoms with Crippen LogP contribution in [0.15, 0.2) is 54.7 Å². The van der Waals surface area contributed by atoms with Gasteiger partial charge in [0.1, 0.15) is 17.7 Å². The number of hydrogen-bond acceptors (Lipinski definition) is 4. The molecule has 0 N–H and O–H groups in total. The van der Waals surface area contributed by atoms with E-state index in [2.05, 4.69) is 4.98 Å². The van der Waals surface area contributed by atoms with E-state index in [1.54, 1.807) is 18.0 Å². The van der Waals surface area contributed by atoms with Gasteiger partial charge in [0, 0.05) is 6.20 Å². The number of aromatic nitrogens is 1. The van der Waals surface area contributed by atoms with E-state index in [0.717, 1.165) is 11.4 Å². The Balaban J connectivity index is 1.61. The summed E-state index contributed by atoms with van der Waals surface area (Å²) in [6, 6.07) is 15.4. The van der Waals surface area contributed by atoms with Crippen LogP contribution in [-0.4, -0.2) is 34.7 Å². The van der Waals surface area contributed by atoms with Crippen LogP contribution in [0.3, 0.4) is 0 Å². The molecule has 2 aromatic rings. The molecule has 1 unspecified atom stereocenters. The highest BCUT2D eigenvalue weighted by Crippen LogP contribution is 2.37. The number of hydrogen-bond donors (Lipinski definition) is 0. The molecule has 1 saturated heterocycles. The molecule has 2 heterocycles. The highest BCUT2D eigenvalue weighted by molar-refractivity contribution is 8.00. The molecule has 108 valence electrons. The number of carbonyl (C=O) groups excluding carboxylic acids is 1. The van der Waals surface area contributed by atoms with Gasteiger partial charge in [-0.05, 0) is 24.3 Å². The van der Waals surface area contributed by atoms with E-state index in [-0.39, 0.29) is 11.3 Å². The summed E-state index contributed by atoms with van der Waals surface area (Å²) in [5.41, 5.74) is 0.924. The summed E-state index contributed by atoms with van der Waals surface area (Å²) >= 11 is 1.62. The lowest BCUT2D eigenvalue weighted by atomic mass is 10.3. The quantitative estimate of drug-likeness (QED) is 0.851. The van der Waals surface area contributed by atoms with Crippen LogP contribution in [0.2, 0.25) is 0 Å². The van der Waals surface area contributed by atoms with Gasteiger partial charge in [-0.3, -0.25) is 9.78 Å². The molecule has 0 bridgehead atoms. The number of pyridine rings is 1. The molecule has 5 heteroatoms. The van der Waals surface area contributed by atoms with Crippen molar-refractivity contribution >= 4 is 17.7 Å². The molecule has 0 spiro atoms. The van der Waals surface area contributed by atoms with Gasteiger partial charge in [-0.1, -0.05) is 24.3 Å². The van der Waals surface area contributed by atoms with Crippen LogP contribution in [0.5, 0.6) is 5.75 Å². The van der Waals surface area contributed by atoms with Crippen molar-refractivity contribution in [1.29, 1.82) is 0 Å². The monoisotopic (exact) mass is 300 g/mol. The summed E-state index contributed by atoms with van der Waals surface area (Å²) in [6.07, 6.45) is 1.76. The molecule has 0 saturated carbocycles. The van der Waals surface area contributed by atoms with E-state index in [1.807, 2.05) is 53.4 Å². The molecule has 4 nitrogen and oxygen atoms in total. The number of rotatable bonds is 5. The second-order valence-electron chi connectivity index (χ2n) is 4.67. The molecule has 21 heavy (non-hydrogen) atoms. The smallest absolute Gasteiger partial charge is 0.234 e. The minimum atomic E-state index is -0.00178. The number of benzene rings is 1. The van der Waals surface area contributed by atoms with Crippen molar-refractivity contribution in [3.8, 4) is 5.75 Å². The second kappa shape index (κ2) is 6.63. The molecule has 1 aromatic carbocycles. The fraction of sp³-hybridized carbons (Fsp3) is 0.250. The summed E-state index contributed by atoms with van der Waals surface area (Å²) in [6.45, 7) is 1.06. The maximum Gasteiger partial charge on any atom is 0.234 e. The summed E-state index contributed by atoms with van der Waals surface area (Å²) < 4.78 is 5.68. The van der Waals surface area contributed by atoms with Gasteiger partial charge in [-0.2, -0.15) is 0 Å². The van der Waals surface area contributed by atoms with Crippen molar-refractivity contribution < 1.29 is 9.53 Å². The maximum atomic E-state index is 12.0. The van der Waals surface area contributed by atoms with E-state index < -0.39 is 0 Å². The minimum absolute atomic E-state index is 0.00178. The van der Waals surface area contributed by atoms with E-state index in [1.165, 1.54) is 0 Å². The molecule has 1 fully saturated rings. The first-order valence-electron chi connectivity index (χ1n) is 6.84. The van der Waals surface area contributed by atoms with Gasteiger partial charge in [0.15, 0.2) is 0 Å². The van der Waals surface area contributed by atoms with Crippen molar-refractivity contribution in [1.82, 2.24) is 9.88 Å². The van der Waals surface area contributed by atoms with Gasteiger partial charge < -0.3 is 9.64 Å². The highest BCUT2D eigenvalue weighted by Gasteiger charge is 2.33. The van der Waals surface area contributed by atoms with Gasteiger partial charge in [0.25, 0.3) is 0 Å². The first-order valence-corrected chi connectivity index (χ1v) is 7.89. The van der Waals surface area contributed by atoms with Gasteiger partial charge in [0.2, 0.25) is 5.91 Å². The molecular formula is C16H16N2O2S. The van der Waals surface area contributed by atoms with E-state index >= 15 is 0 Å². The van der Waals surface area contributed by atoms with E-state index in [0.29, 0.717) is 18.9 Å². The fourth-order valence-electron chi connectivity index (χ4n) is 2.24. The zero-order valence-electron chi connectivity index (χ0n) is 11.5. The summed E-state index contributed by atoms with van der Waals surface area (Å²) in [7, 11) is 0. The maximum absolute atomic E-state index is 12.0. The van der Waals surface area contributed by atoms with Gasteiger partial charge >= 0.3 is 0 Å². The number of ether oxygens (including phenoxy) is 1. The van der Waals surface area contributed by atoms with E-state index in [9.17, 15) is 4.79 Å². The van der Waals surface area contributed by atoms with Crippen LogP contribution in [0.4, 0.5) is 0 Å². The third kappa shape index (κ3) is 3.36. The lowest BCUT2D eigenvalue weighted by Crippen LogP contribution is -2.32. The summed E-state index contributed by atoms with van der Waals surface area (Å²) in [5.74, 6) is 1.48. The SMILES string of the molecule is O=C1CSC(c2ccccn2)N1CCOc1ccccc1. The normalized spacial score (nSPS) is 18.0. The highest BCUT2D eigenvalue weighted by atomic mass is 32.2. The summed E-state index contributed by atoms with van der Waals surface area (Å²) in [4.78, 5) is 18.2. The average molecular weight is 300 g/mol. The number of para-hydroxylation sites is 1. The van der Waals surface area contributed by atoms with Crippen molar-refractivity contribution in [3.63, 3.8) is 0 Å². The van der Waals surface area contributed by atoms with E-state index in [4.69, 9.17) is 4.74 Å². The molecule has 1 amide bonds. The third-order valence-electron chi connectivity index (χ3n) is 3.25. The van der Waals surface area contributed by atoms with Crippen LogP contribution in [0.1, 0.15) is 11.1 Å². The fourth-order valence-corrected chi connectivity index (χ4v) is 3.42. The van der Waals surface area contributed by atoms with Crippen LogP contribution in [0, 0.1) is 0 Å². The van der Waals surface area contributed by atoms with Gasteiger partial charge in [-0.25, -0.2) is 0 Å². The predicted molar refractivity (Wildman–Crippen MR) is 83.1 cm³/mol. The Hall–Kier alpha value is -2.01. The Morgan fingerprint density at radius 3 is 2.76 bits per heavy atom. The van der Waals surface area contributed by atoms with Crippen molar-refractivity contribution in [2.24, 2.45) is 0 Å². The van der Waals surface area contributed by atoms with Crippen LogP contribution < -0.4 is 4.74 Å². The van der Waals surface area contributed by atoms with Crippen molar-refractivity contribution in [2.45, 2.75) is 5.37 Å². The molecule has 0 radical (unpaired) electrons. The first kappa shape index (κ1) is 13.9. The zero-order valence-corrected chi connectivity index (χ0v) is 12.3. The van der Waals surface area contributed by atoms with Crippen LogP contribution in [0.25, 0.3) is 0 Å². The topological polar surface area (TPSA) is 42.4 Å². The predicted octanol–water partition coefficient (Wildman–Crippen LogP) is 2.73. The molecular weight excluding hydrogens is 284 g/mol. The number of amides is 1.